The Bertz CT molecular complexity index is 1400. The molecule has 0 aromatic carbocycles. The molecule has 0 aliphatic rings. The maximum Gasteiger partial charge on any atom is 0.306 e. The summed E-state index contributed by atoms with van der Waals surface area (Å²) >= 11 is 0. The minimum atomic E-state index is -0.826. The fourth-order valence-corrected chi connectivity index (χ4v) is 6.70. The summed E-state index contributed by atoms with van der Waals surface area (Å²) in [5.74, 6) is -1.02. The van der Waals surface area contributed by atoms with Crippen LogP contribution in [0.25, 0.3) is 0 Å². The van der Waals surface area contributed by atoms with Gasteiger partial charge >= 0.3 is 17.9 Å². The summed E-state index contributed by atoms with van der Waals surface area (Å²) in [6.07, 6.45) is 71.8. The van der Waals surface area contributed by atoms with Crippen LogP contribution in [-0.2, 0) is 28.6 Å². The lowest BCUT2D eigenvalue weighted by atomic mass is 10.0. The number of allylic oxidation sites excluding steroid dienone is 20. The van der Waals surface area contributed by atoms with Crippen LogP contribution in [0.4, 0.5) is 0 Å². The summed E-state index contributed by atoms with van der Waals surface area (Å²) in [5, 5.41) is 0. The molecule has 0 aromatic rings. The van der Waals surface area contributed by atoms with Gasteiger partial charge in [0.25, 0.3) is 0 Å². The molecule has 0 amide bonds. The molecule has 0 aliphatic heterocycles. The van der Waals surface area contributed by atoms with E-state index in [0.717, 1.165) is 77.0 Å². The van der Waals surface area contributed by atoms with Gasteiger partial charge in [-0.2, -0.15) is 0 Å². The molecule has 0 N–H and O–H groups in total. The predicted molar refractivity (Wildman–Crippen MR) is 279 cm³/mol. The Morgan fingerprint density at radius 2 is 0.677 bits per heavy atom. The van der Waals surface area contributed by atoms with Crippen LogP contribution < -0.4 is 0 Å². The first-order chi connectivity index (χ1) is 32.0. The first-order valence-electron chi connectivity index (χ1n) is 26.1. The number of ether oxygens (including phenoxy) is 3. The minimum Gasteiger partial charge on any atom is -0.462 e. The van der Waals surface area contributed by atoms with Crippen molar-refractivity contribution in [3.05, 3.63) is 122 Å². The van der Waals surface area contributed by atoms with Crippen molar-refractivity contribution in [2.75, 3.05) is 13.2 Å². The minimum absolute atomic E-state index is 0.116. The molecule has 0 saturated heterocycles. The van der Waals surface area contributed by atoms with Gasteiger partial charge in [0.05, 0.1) is 0 Å². The van der Waals surface area contributed by atoms with Crippen LogP contribution in [0.1, 0.15) is 213 Å². The summed E-state index contributed by atoms with van der Waals surface area (Å²) in [6, 6.07) is 0. The Kier molecular flexibility index (Phi) is 49.1. The fraction of sp³-hybridized carbons (Fsp3) is 0.610. The molecule has 6 nitrogen and oxygen atoms in total. The molecular weight excluding hydrogens is 805 g/mol. The van der Waals surface area contributed by atoms with Gasteiger partial charge in [-0.15, -0.1) is 0 Å². The van der Waals surface area contributed by atoms with Gasteiger partial charge < -0.3 is 14.2 Å². The van der Waals surface area contributed by atoms with Crippen molar-refractivity contribution >= 4 is 17.9 Å². The molecule has 0 spiro atoms. The van der Waals surface area contributed by atoms with Gasteiger partial charge in [0.15, 0.2) is 6.10 Å². The molecule has 0 fully saturated rings. The molecule has 0 rings (SSSR count). The quantitative estimate of drug-likeness (QED) is 0.0199. The van der Waals surface area contributed by atoms with Crippen LogP contribution in [0, 0.1) is 0 Å². The van der Waals surface area contributed by atoms with Crippen LogP contribution in [0.3, 0.4) is 0 Å². The first kappa shape index (κ1) is 60.8. The van der Waals surface area contributed by atoms with Gasteiger partial charge in [0.2, 0.25) is 0 Å². The summed E-state index contributed by atoms with van der Waals surface area (Å²) < 4.78 is 16.7. The van der Waals surface area contributed by atoms with Gasteiger partial charge in [0, 0.05) is 19.3 Å². The average molecular weight is 899 g/mol. The van der Waals surface area contributed by atoms with E-state index in [1.807, 2.05) is 60.8 Å². The second kappa shape index (κ2) is 52.4. The van der Waals surface area contributed by atoms with Crippen LogP contribution in [0.2, 0.25) is 0 Å². The van der Waals surface area contributed by atoms with E-state index < -0.39 is 6.10 Å². The number of carbonyl (C=O) groups excluding carboxylic acids is 3. The highest BCUT2D eigenvalue weighted by atomic mass is 16.6. The second-order valence-electron chi connectivity index (χ2n) is 16.9. The van der Waals surface area contributed by atoms with Crippen molar-refractivity contribution in [2.45, 2.75) is 219 Å². The van der Waals surface area contributed by atoms with Crippen LogP contribution in [0.15, 0.2) is 122 Å². The molecule has 6 heteroatoms. The second-order valence-corrected chi connectivity index (χ2v) is 16.9. The Balaban J connectivity index is 4.59. The number of rotatable bonds is 45. The largest absolute Gasteiger partial charge is 0.462 e. The molecule has 0 aromatic heterocycles. The molecular formula is C59H94O6. The van der Waals surface area contributed by atoms with Gasteiger partial charge in [-0.05, 0) is 77.0 Å². The van der Waals surface area contributed by atoms with E-state index in [1.54, 1.807) is 0 Å². The van der Waals surface area contributed by atoms with E-state index in [1.165, 1.54) is 89.9 Å². The monoisotopic (exact) mass is 899 g/mol. The predicted octanol–water partition coefficient (Wildman–Crippen LogP) is 17.3. The third-order valence-electron chi connectivity index (χ3n) is 10.6. The van der Waals surface area contributed by atoms with E-state index in [-0.39, 0.29) is 37.5 Å². The zero-order chi connectivity index (χ0) is 47.2. The Labute approximate surface area is 399 Å². The van der Waals surface area contributed by atoms with Crippen molar-refractivity contribution in [1.29, 1.82) is 0 Å². The number of esters is 3. The molecule has 65 heavy (non-hydrogen) atoms. The Morgan fingerprint density at radius 1 is 0.338 bits per heavy atom. The van der Waals surface area contributed by atoms with Crippen LogP contribution in [0.5, 0.6) is 0 Å². The number of unbranched alkanes of at least 4 members (excludes halogenated alkanes) is 19. The molecule has 0 heterocycles. The number of hydrogen-bond acceptors (Lipinski definition) is 6. The molecule has 0 bridgehead atoms. The summed E-state index contributed by atoms with van der Waals surface area (Å²) in [7, 11) is 0. The summed E-state index contributed by atoms with van der Waals surface area (Å²) in [6.45, 7) is 6.37. The first-order valence-corrected chi connectivity index (χ1v) is 26.1. The topological polar surface area (TPSA) is 78.9 Å². The summed E-state index contributed by atoms with van der Waals surface area (Å²) in [4.78, 5) is 38.0. The number of carbonyl (C=O) groups is 3. The maximum absolute atomic E-state index is 12.8. The van der Waals surface area contributed by atoms with Gasteiger partial charge in [-0.1, -0.05) is 239 Å². The van der Waals surface area contributed by atoms with E-state index in [4.69, 9.17) is 14.2 Å². The summed E-state index contributed by atoms with van der Waals surface area (Å²) in [5.41, 5.74) is 0. The lowest BCUT2D eigenvalue weighted by Gasteiger charge is -2.18. The smallest absolute Gasteiger partial charge is 0.306 e. The fourth-order valence-electron chi connectivity index (χ4n) is 6.70. The lowest BCUT2D eigenvalue weighted by molar-refractivity contribution is -0.167. The third kappa shape index (κ3) is 50.7. The SMILES string of the molecule is CC\C=C/C=C\C=C/C=C\C=C\C=C/CCCCCC(=O)OCC(COC(=O)CCCCCCCCCCCCCCC)OC(=O)CCC/C=C\C/C=C\C/C=C\C/C=C\CCCCC. The highest BCUT2D eigenvalue weighted by Crippen LogP contribution is 2.14. The van der Waals surface area contributed by atoms with E-state index in [2.05, 4.69) is 81.5 Å². The van der Waals surface area contributed by atoms with Crippen LogP contribution >= 0.6 is 0 Å². The average Bonchev–Trinajstić information content (AvgIpc) is 3.30. The van der Waals surface area contributed by atoms with E-state index >= 15 is 0 Å². The van der Waals surface area contributed by atoms with Gasteiger partial charge in [-0.25, -0.2) is 0 Å². The molecule has 366 valence electrons. The van der Waals surface area contributed by atoms with Gasteiger partial charge in [0.1, 0.15) is 13.2 Å². The number of hydrogen-bond donors (Lipinski definition) is 0. The van der Waals surface area contributed by atoms with Crippen molar-refractivity contribution in [1.82, 2.24) is 0 Å². The van der Waals surface area contributed by atoms with Crippen LogP contribution in [-0.4, -0.2) is 37.2 Å². The zero-order valence-electron chi connectivity index (χ0n) is 41.7. The third-order valence-corrected chi connectivity index (χ3v) is 10.6. The zero-order valence-corrected chi connectivity index (χ0v) is 41.7. The van der Waals surface area contributed by atoms with Crippen molar-refractivity contribution in [3.63, 3.8) is 0 Å². The van der Waals surface area contributed by atoms with Crippen molar-refractivity contribution in [3.8, 4) is 0 Å². The Morgan fingerprint density at radius 3 is 1.15 bits per heavy atom. The van der Waals surface area contributed by atoms with E-state index in [9.17, 15) is 14.4 Å². The van der Waals surface area contributed by atoms with Gasteiger partial charge in [-0.3, -0.25) is 14.4 Å². The molecule has 0 aliphatic carbocycles. The Hall–Kier alpha value is -4.19. The normalized spacial score (nSPS) is 13.1. The van der Waals surface area contributed by atoms with E-state index in [0.29, 0.717) is 19.3 Å². The van der Waals surface area contributed by atoms with Crippen molar-refractivity contribution in [2.24, 2.45) is 0 Å². The highest BCUT2D eigenvalue weighted by Gasteiger charge is 2.19. The van der Waals surface area contributed by atoms with Crippen molar-refractivity contribution < 1.29 is 28.6 Å². The maximum atomic E-state index is 12.8. The molecule has 0 saturated carbocycles. The lowest BCUT2D eigenvalue weighted by Crippen LogP contribution is -2.30. The molecule has 1 unspecified atom stereocenters. The highest BCUT2D eigenvalue weighted by molar-refractivity contribution is 5.71. The molecule has 0 radical (unpaired) electrons. The standard InChI is InChI=1S/C59H94O6/c1-4-7-10-13-16-19-22-25-27-29-31-34-37-40-43-46-49-52-58(61)64-55-56(54-63-57(60)51-48-45-42-39-36-33-24-21-18-15-12-9-6-3)65-59(62)53-50-47-44-41-38-35-32-30-28-26-23-20-17-14-11-8-5-2/h7,10,13,16-17,19-20,22,25-29,31-32,34-35,37,41,44,56H,4-6,8-9,11-12,14-15,18,21,23-24,30,33,36,38-40,42-43,45-55H2,1-3H3/b10-7-,16-13-,20-17-,22-19-,27-25-,28-26-,31-29+,35-32-,37-34-,44-41-. The molecule has 1 atom stereocenters.